The highest BCUT2D eigenvalue weighted by atomic mass is 127. The van der Waals surface area contributed by atoms with Crippen molar-refractivity contribution >= 4 is 42.8 Å². The fourth-order valence-electron chi connectivity index (χ4n) is 2.18. The lowest BCUT2D eigenvalue weighted by Crippen LogP contribution is -2.43. The Morgan fingerprint density at radius 2 is 1.89 bits per heavy atom. The van der Waals surface area contributed by atoms with Crippen molar-refractivity contribution in [3.63, 3.8) is 0 Å². The average Bonchev–Trinajstić information content (AvgIpc) is 2.64. The Kier molecular flexibility index (Phi) is 27.0. The van der Waals surface area contributed by atoms with Crippen LogP contribution in [0.15, 0.2) is 0 Å². The number of amides is 1. The van der Waals surface area contributed by atoms with E-state index in [1.54, 1.807) is 0 Å². The summed E-state index contributed by atoms with van der Waals surface area (Å²) in [5, 5.41) is 2.91. The van der Waals surface area contributed by atoms with Gasteiger partial charge in [0.2, 0.25) is 5.91 Å². The normalized spacial score (nSPS) is 15.6. The maximum absolute atomic E-state index is 11.7. The summed E-state index contributed by atoms with van der Waals surface area (Å²) in [6, 6.07) is 0. The smallest absolute Gasteiger partial charge is 0.293 e. The second-order valence-corrected chi connectivity index (χ2v) is 8.53. The lowest BCUT2D eigenvalue weighted by atomic mass is 9.95. The number of halogens is 1. The van der Waals surface area contributed by atoms with Gasteiger partial charge in [-0.2, -0.15) is 0 Å². The van der Waals surface area contributed by atoms with Crippen molar-refractivity contribution in [2.45, 2.75) is 79.8 Å². The summed E-state index contributed by atoms with van der Waals surface area (Å²) in [5.74, 6) is 0.828. The van der Waals surface area contributed by atoms with Crippen LogP contribution in [0, 0.1) is 5.92 Å². The van der Waals surface area contributed by atoms with Crippen LogP contribution in [0.2, 0.25) is 0 Å². The zero-order valence-electron chi connectivity index (χ0n) is 19.2. The molecule has 1 rings (SSSR count). The number of carbonyl (C=O) groups is 2. The van der Waals surface area contributed by atoms with Gasteiger partial charge in [-0.15, -0.1) is 0 Å². The Balaban J connectivity index is -0.000000434. The van der Waals surface area contributed by atoms with Gasteiger partial charge in [0, 0.05) is 34.3 Å². The Morgan fingerprint density at radius 3 is 2.29 bits per heavy atom. The highest BCUT2D eigenvalue weighted by Crippen LogP contribution is 2.21. The molecule has 0 aliphatic carbocycles. The summed E-state index contributed by atoms with van der Waals surface area (Å²) in [5.41, 5.74) is -0.318. The second kappa shape index (κ2) is 23.2. The first-order valence-electron chi connectivity index (χ1n) is 10.2. The van der Waals surface area contributed by atoms with Gasteiger partial charge in [-0.25, -0.2) is 0 Å². The van der Waals surface area contributed by atoms with Crippen LogP contribution in [0.25, 0.3) is 0 Å². The number of ether oxygens (including phenoxy) is 1. The summed E-state index contributed by atoms with van der Waals surface area (Å²) >= 11 is 2.13. The van der Waals surface area contributed by atoms with E-state index in [0.717, 1.165) is 32.5 Å². The largest absolute Gasteiger partial charge is 0.462 e. The number of rotatable bonds is 7. The van der Waals surface area contributed by atoms with E-state index in [1.807, 2.05) is 46.6 Å². The maximum atomic E-state index is 11.7. The van der Waals surface area contributed by atoms with Gasteiger partial charge in [0.15, 0.2) is 0 Å². The molecule has 1 fully saturated rings. The number of hydrogen-bond acceptors (Lipinski definition) is 6. The number of nitrogens with one attached hydrogen (secondary N) is 1. The van der Waals surface area contributed by atoms with E-state index < -0.39 is 0 Å². The van der Waals surface area contributed by atoms with Crippen molar-refractivity contribution in [1.82, 2.24) is 10.2 Å². The van der Waals surface area contributed by atoms with Crippen LogP contribution in [-0.2, 0) is 18.5 Å². The van der Waals surface area contributed by atoms with Crippen LogP contribution >= 0.6 is 30.4 Å². The van der Waals surface area contributed by atoms with Crippen molar-refractivity contribution < 1.29 is 18.5 Å². The van der Waals surface area contributed by atoms with Gasteiger partial charge in [0.05, 0.1) is 22.4 Å². The molecular weight excluding hydrogens is 491 g/mol. The molecule has 0 radical (unpaired) electrons. The zero-order valence-corrected chi connectivity index (χ0v) is 22.2. The van der Waals surface area contributed by atoms with Gasteiger partial charge in [0.1, 0.15) is 5.60 Å². The van der Waals surface area contributed by atoms with Crippen LogP contribution in [0.4, 0.5) is 0 Å². The Hall–Kier alpha value is -0.0600. The predicted octanol–water partition coefficient (Wildman–Crippen LogP) is 5.25. The van der Waals surface area contributed by atoms with Crippen LogP contribution in [0.3, 0.4) is 0 Å². The van der Waals surface area contributed by atoms with E-state index in [4.69, 9.17) is 4.18 Å². The van der Waals surface area contributed by atoms with E-state index in [9.17, 15) is 9.59 Å². The minimum Gasteiger partial charge on any atom is -0.462 e. The first-order chi connectivity index (χ1) is 13.2. The first kappa shape index (κ1) is 32.6. The van der Waals surface area contributed by atoms with Gasteiger partial charge >= 0.3 is 0 Å². The van der Waals surface area contributed by atoms with Gasteiger partial charge in [-0.1, -0.05) is 34.1 Å². The van der Waals surface area contributed by atoms with Crippen LogP contribution in [0.1, 0.15) is 74.1 Å². The predicted molar refractivity (Wildman–Crippen MR) is 130 cm³/mol. The number of likely N-dealkylation sites (N-methyl/N-ethyl adjacent to an activating group) is 1. The Bertz CT molecular complexity index is 356. The molecule has 0 aromatic rings. The van der Waals surface area contributed by atoms with Crippen LogP contribution in [0.5, 0.6) is 0 Å². The molecule has 8 heteroatoms. The highest BCUT2D eigenvalue weighted by molar-refractivity contribution is 14.2. The zero-order chi connectivity index (χ0) is 22.4. The quantitative estimate of drug-likeness (QED) is 0.208. The van der Waals surface area contributed by atoms with Crippen molar-refractivity contribution in [2.24, 2.45) is 5.92 Å². The molecule has 1 heterocycles. The number of nitrogens with zero attached hydrogens (tertiary/aromatic N) is 1. The number of hydrogen-bond donors (Lipinski definition) is 1. The summed E-state index contributed by atoms with van der Waals surface area (Å²) in [6.45, 7) is 17.2. The molecule has 170 valence electrons. The fourth-order valence-corrected chi connectivity index (χ4v) is 2.88. The molecule has 1 aliphatic rings. The second-order valence-electron chi connectivity index (χ2n) is 7.09. The third-order valence-corrected chi connectivity index (χ3v) is 4.27. The molecule has 0 aromatic carbocycles. The summed E-state index contributed by atoms with van der Waals surface area (Å²) in [6.07, 6.45) is 4.65. The fraction of sp³-hybridized carbons (Fsp3) is 0.900. The molecule has 0 bridgehead atoms. The molecule has 28 heavy (non-hydrogen) atoms. The Morgan fingerprint density at radius 1 is 1.32 bits per heavy atom. The van der Waals surface area contributed by atoms with Crippen LogP contribution < -0.4 is 5.32 Å². The third kappa shape index (κ3) is 24.0. The highest BCUT2D eigenvalue weighted by Gasteiger charge is 2.22. The SMILES string of the molecule is CC.CC(C)(C)OC=O.CCC.CNCC(=O)N1CCCC(CCOSI)C1. The molecule has 1 N–H and O–H groups in total. The molecule has 0 spiro atoms. The van der Waals surface area contributed by atoms with E-state index in [-0.39, 0.29) is 11.5 Å². The summed E-state index contributed by atoms with van der Waals surface area (Å²) in [7, 11) is 3.20. The lowest BCUT2D eigenvalue weighted by molar-refractivity contribution is -0.138. The Labute approximate surface area is 190 Å². The van der Waals surface area contributed by atoms with E-state index >= 15 is 0 Å². The molecule has 0 saturated carbocycles. The molecule has 6 nitrogen and oxygen atoms in total. The van der Waals surface area contributed by atoms with E-state index in [1.165, 1.54) is 22.1 Å². The van der Waals surface area contributed by atoms with Crippen molar-refractivity contribution in [3.8, 4) is 0 Å². The number of piperidine rings is 1. The molecule has 1 atom stereocenters. The van der Waals surface area contributed by atoms with Crippen molar-refractivity contribution in [1.29, 1.82) is 0 Å². The third-order valence-electron chi connectivity index (χ3n) is 3.26. The van der Waals surface area contributed by atoms with Gasteiger partial charge in [-0.3, -0.25) is 9.59 Å². The van der Waals surface area contributed by atoms with Crippen molar-refractivity contribution in [3.05, 3.63) is 0 Å². The molecule has 1 amide bonds. The van der Waals surface area contributed by atoms with E-state index in [2.05, 4.69) is 45.1 Å². The standard InChI is InChI=1S/C10H19IN2O2S.C5H10O2.C3H8.C2H6/c1-12-7-10(14)13-5-2-3-9(8-13)4-6-15-16-11;1-5(2,3)7-4-6;1-3-2;1-2/h9,12H,2-8H2,1H3;4H,1-3H3;3H2,1-2H3;1-2H3. The number of carbonyl (C=O) groups excluding carboxylic acids is 2. The minimum atomic E-state index is -0.318. The van der Waals surface area contributed by atoms with Gasteiger partial charge in [0.25, 0.3) is 6.47 Å². The molecule has 1 unspecified atom stereocenters. The van der Waals surface area contributed by atoms with Gasteiger partial charge in [-0.05, 0) is 53.0 Å². The summed E-state index contributed by atoms with van der Waals surface area (Å²) in [4.78, 5) is 23.3. The van der Waals surface area contributed by atoms with E-state index in [0.29, 0.717) is 18.9 Å². The maximum Gasteiger partial charge on any atom is 0.293 e. The average molecular weight is 535 g/mol. The monoisotopic (exact) mass is 534 g/mol. The van der Waals surface area contributed by atoms with Crippen LogP contribution in [-0.4, -0.2) is 56.2 Å². The minimum absolute atomic E-state index is 0.219. The van der Waals surface area contributed by atoms with Gasteiger partial charge < -0.3 is 19.1 Å². The van der Waals surface area contributed by atoms with Crippen molar-refractivity contribution in [2.75, 3.05) is 33.3 Å². The molecular formula is C20H43IN2O4S. The lowest BCUT2D eigenvalue weighted by Gasteiger charge is -2.32. The topological polar surface area (TPSA) is 67.9 Å². The summed E-state index contributed by atoms with van der Waals surface area (Å²) < 4.78 is 9.82. The molecule has 0 aromatic heterocycles. The first-order valence-corrected chi connectivity index (χ1v) is 13.5. The molecule has 1 saturated heterocycles. The number of likely N-dealkylation sites (tertiary alicyclic amines) is 1. The molecule has 1 aliphatic heterocycles.